The highest BCUT2D eigenvalue weighted by Crippen LogP contribution is 2.25. The number of aromatic nitrogens is 1. The smallest absolute Gasteiger partial charge is 0.471 e. The second-order valence-corrected chi connectivity index (χ2v) is 4.62. The molecule has 8 heteroatoms. The Morgan fingerprint density at radius 1 is 1.27 bits per heavy atom. The topological polar surface area (TPSA) is 59.8 Å². The molecule has 2 aromatic heterocycles. The number of carbonyl (C=O) groups is 2. The number of rotatable bonds is 4. The standard InChI is InChI=1S/C14H13F3N2O3/c1-8(18-13(21)14(15,16)17)12(20)9-5-7-19-6-3-4-10(22-2)11(9)19/h3-8H,1-2H3,(H,18,21). The van der Waals surface area contributed by atoms with Crippen molar-refractivity contribution in [2.75, 3.05) is 7.11 Å². The van der Waals surface area contributed by atoms with Gasteiger partial charge in [0.25, 0.3) is 0 Å². The van der Waals surface area contributed by atoms with Gasteiger partial charge >= 0.3 is 12.1 Å². The van der Waals surface area contributed by atoms with Gasteiger partial charge in [0.15, 0.2) is 5.78 Å². The molecule has 0 aliphatic heterocycles. The molecule has 2 heterocycles. The zero-order valence-corrected chi connectivity index (χ0v) is 11.8. The first-order valence-corrected chi connectivity index (χ1v) is 6.31. The number of halogens is 3. The van der Waals surface area contributed by atoms with Crippen LogP contribution < -0.4 is 10.1 Å². The van der Waals surface area contributed by atoms with Crippen LogP contribution in [0.2, 0.25) is 0 Å². The van der Waals surface area contributed by atoms with Crippen LogP contribution in [0.3, 0.4) is 0 Å². The lowest BCUT2D eigenvalue weighted by Gasteiger charge is -2.14. The first-order chi connectivity index (χ1) is 10.3. The Morgan fingerprint density at radius 2 is 1.95 bits per heavy atom. The van der Waals surface area contributed by atoms with Crippen molar-refractivity contribution in [3.63, 3.8) is 0 Å². The minimum absolute atomic E-state index is 0.174. The molecule has 0 saturated heterocycles. The Kier molecular flexibility index (Phi) is 4.11. The number of ether oxygens (including phenoxy) is 1. The van der Waals surface area contributed by atoms with Crippen LogP contribution >= 0.6 is 0 Å². The Bertz CT molecular complexity index is 722. The van der Waals surface area contributed by atoms with Crippen molar-refractivity contribution in [2.45, 2.75) is 19.1 Å². The summed E-state index contributed by atoms with van der Waals surface area (Å²) in [4.78, 5) is 23.2. The molecular formula is C14H13F3N2O3. The molecule has 2 rings (SSSR count). The third-order valence-corrected chi connectivity index (χ3v) is 3.13. The van der Waals surface area contributed by atoms with Gasteiger partial charge < -0.3 is 14.5 Å². The summed E-state index contributed by atoms with van der Waals surface area (Å²) in [7, 11) is 1.42. The quantitative estimate of drug-likeness (QED) is 0.880. The van der Waals surface area contributed by atoms with Crippen molar-refractivity contribution in [2.24, 2.45) is 0 Å². The maximum absolute atomic E-state index is 12.3. The number of carbonyl (C=O) groups excluding carboxylic acids is 2. The van der Waals surface area contributed by atoms with Crippen molar-refractivity contribution in [3.8, 4) is 5.75 Å². The number of amides is 1. The number of nitrogens with one attached hydrogen (secondary N) is 1. The van der Waals surface area contributed by atoms with Crippen molar-refractivity contribution in [1.29, 1.82) is 0 Å². The van der Waals surface area contributed by atoms with Crippen LogP contribution in [-0.4, -0.2) is 35.4 Å². The molecule has 22 heavy (non-hydrogen) atoms. The van der Waals surface area contributed by atoms with Crippen molar-refractivity contribution in [1.82, 2.24) is 9.72 Å². The predicted molar refractivity (Wildman–Crippen MR) is 71.9 cm³/mol. The van der Waals surface area contributed by atoms with E-state index in [0.717, 1.165) is 0 Å². The van der Waals surface area contributed by atoms with Gasteiger partial charge in [-0.3, -0.25) is 9.59 Å². The van der Waals surface area contributed by atoms with Crippen LogP contribution in [0, 0.1) is 0 Å². The average molecular weight is 314 g/mol. The van der Waals surface area contributed by atoms with E-state index in [2.05, 4.69) is 0 Å². The van der Waals surface area contributed by atoms with Crippen LogP contribution in [0.4, 0.5) is 13.2 Å². The first-order valence-electron chi connectivity index (χ1n) is 6.31. The molecule has 1 atom stereocenters. The average Bonchev–Trinajstić information content (AvgIpc) is 2.89. The highest BCUT2D eigenvalue weighted by Gasteiger charge is 2.40. The molecule has 1 unspecified atom stereocenters. The summed E-state index contributed by atoms with van der Waals surface area (Å²) >= 11 is 0. The summed E-state index contributed by atoms with van der Waals surface area (Å²) in [5.41, 5.74) is 0.607. The molecule has 0 saturated carbocycles. The third kappa shape index (κ3) is 2.90. The van der Waals surface area contributed by atoms with Crippen LogP contribution in [0.1, 0.15) is 17.3 Å². The van der Waals surface area contributed by atoms with Crippen molar-refractivity contribution in [3.05, 3.63) is 36.2 Å². The molecule has 0 fully saturated rings. The first kappa shape index (κ1) is 15.9. The summed E-state index contributed by atoms with van der Waals surface area (Å²) < 4.78 is 43.5. The van der Waals surface area contributed by atoms with Gasteiger partial charge in [-0.05, 0) is 25.1 Å². The maximum atomic E-state index is 12.3. The largest absolute Gasteiger partial charge is 0.495 e. The van der Waals surface area contributed by atoms with Gasteiger partial charge in [0, 0.05) is 18.0 Å². The van der Waals surface area contributed by atoms with E-state index in [-0.39, 0.29) is 5.56 Å². The summed E-state index contributed by atoms with van der Waals surface area (Å²) in [5, 5.41) is 1.65. The van der Waals surface area contributed by atoms with Crippen molar-refractivity contribution < 1.29 is 27.5 Å². The van der Waals surface area contributed by atoms with Gasteiger partial charge in [0.1, 0.15) is 5.75 Å². The lowest BCUT2D eigenvalue weighted by molar-refractivity contribution is -0.173. The van der Waals surface area contributed by atoms with E-state index in [1.807, 2.05) is 0 Å². The van der Waals surface area contributed by atoms with Gasteiger partial charge in [-0.2, -0.15) is 13.2 Å². The van der Waals surface area contributed by atoms with Crippen LogP contribution in [0.15, 0.2) is 30.6 Å². The number of hydrogen-bond donors (Lipinski definition) is 1. The van der Waals surface area contributed by atoms with E-state index in [1.54, 1.807) is 34.2 Å². The number of hydrogen-bond acceptors (Lipinski definition) is 3. The Labute approximate surface area is 123 Å². The van der Waals surface area contributed by atoms with E-state index >= 15 is 0 Å². The van der Waals surface area contributed by atoms with Crippen molar-refractivity contribution >= 4 is 17.2 Å². The minimum atomic E-state index is -5.03. The van der Waals surface area contributed by atoms with E-state index in [1.165, 1.54) is 20.1 Å². The molecule has 0 radical (unpaired) electrons. The van der Waals surface area contributed by atoms with E-state index < -0.39 is 23.9 Å². The number of fused-ring (bicyclic) bond motifs is 1. The minimum Gasteiger partial charge on any atom is -0.495 e. The molecule has 0 aliphatic carbocycles. The Hall–Kier alpha value is -2.51. The highest BCUT2D eigenvalue weighted by molar-refractivity contribution is 6.08. The van der Waals surface area contributed by atoms with E-state index in [9.17, 15) is 22.8 Å². The molecule has 0 bridgehead atoms. The predicted octanol–water partition coefficient (Wildman–Crippen LogP) is 2.20. The molecule has 5 nitrogen and oxygen atoms in total. The zero-order valence-electron chi connectivity index (χ0n) is 11.8. The molecule has 0 aromatic carbocycles. The number of nitrogens with zero attached hydrogens (tertiary/aromatic N) is 1. The molecule has 0 spiro atoms. The summed E-state index contributed by atoms with van der Waals surface area (Å²) in [5.74, 6) is -2.38. The maximum Gasteiger partial charge on any atom is 0.471 e. The van der Waals surface area contributed by atoms with Crippen LogP contribution in [-0.2, 0) is 4.79 Å². The van der Waals surface area contributed by atoms with Gasteiger partial charge in [0.05, 0.1) is 18.7 Å². The number of methoxy groups -OCH3 is 1. The molecule has 2 aromatic rings. The van der Waals surface area contributed by atoms with E-state index in [4.69, 9.17) is 4.74 Å². The number of pyridine rings is 1. The monoisotopic (exact) mass is 314 g/mol. The molecule has 1 N–H and O–H groups in total. The summed E-state index contributed by atoms with van der Waals surface area (Å²) in [6, 6.07) is 3.49. The number of alkyl halides is 3. The fourth-order valence-corrected chi connectivity index (χ4v) is 2.07. The fourth-order valence-electron chi connectivity index (χ4n) is 2.07. The second kappa shape index (κ2) is 5.70. The van der Waals surface area contributed by atoms with E-state index in [0.29, 0.717) is 11.3 Å². The summed E-state index contributed by atoms with van der Waals surface area (Å²) in [6.07, 6.45) is -1.77. The Balaban J connectivity index is 2.32. The van der Waals surface area contributed by atoms with Gasteiger partial charge in [-0.25, -0.2) is 0 Å². The molecule has 0 aliphatic rings. The molecular weight excluding hydrogens is 301 g/mol. The fraction of sp³-hybridized carbons (Fsp3) is 0.286. The summed E-state index contributed by atoms with van der Waals surface area (Å²) in [6.45, 7) is 1.20. The normalized spacial score (nSPS) is 13.0. The Morgan fingerprint density at radius 3 is 2.55 bits per heavy atom. The molecule has 118 valence electrons. The van der Waals surface area contributed by atoms with Crippen LogP contribution in [0.25, 0.3) is 5.52 Å². The SMILES string of the molecule is COc1cccn2ccc(C(=O)C(C)NC(=O)C(F)(F)F)c12. The van der Waals surface area contributed by atoms with Crippen LogP contribution in [0.5, 0.6) is 5.75 Å². The van der Waals surface area contributed by atoms with Gasteiger partial charge in [-0.1, -0.05) is 0 Å². The number of ketones is 1. The number of Topliss-reactive ketones (excluding diaryl/α,β-unsaturated/α-hetero) is 1. The second-order valence-electron chi connectivity index (χ2n) is 4.62. The lowest BCUT2D eigenvalue weighted by atomic mass is 10.1. The lowest BCUT2D eigenvalue weighted by Crippen LogP contribution is -2.45. The highest BCUT2D eigenvalue weighted by atomic mass is 19.4. The van der Waals surface area contributed by atoms with Gasteiger partial charge in [0.2, 0.25) is 0 Å². The third-order valence-electron chi connectivity index (χ3n) is 3.13. The molecule has 1 amide bonds. The van der Waals surface area contributed by atoms with Gasteiger partial charge in [-0.15, -0.1) is 0 Å². The zero-order chi connectivity index (χ0) is 16.5.